The third kappa shape index (κ3) is 3.82. The fourth-order valence-electron chi connectivity index (χ4n) is 2.61. The van der Waals surface area contributed by atoms with E-state index in [2.05, 4.69) is 31.4 Å². The van der Waals surface area contributed by atoms with Gasteiger partial charge in [-0.1, -0.05) is 12.1 Å². The zero-order chi connectivity index (χ0) is 18.0. The first-order chi connectivity index (χ1) is 12.0. The van der Waals surface area contributed by atoms with Crippen molar-refractivity contribution < 1.29 is 4.79 Å². The van der Waals surface area contributed by atoms with Gasteiger partial charge in [0.05, 0.1) is 34.6 Å². The average Bonchev–Trinajstić information content (AvgIpc) is 3.12. The highest BCUT2D eigenvalue weighted by molar-refractivity contribution is 9.10. The molecule has 0 spiro atoms. The molecule has 0 aliphatic carbocycles. The molecule has 1 N–H and O–H groups in total. The zero-order valence-corrected chi connectivity index (χ0v) is 16.0. The highest BCUT2D eigenvalue weighted by Gasteiger charge is 2.10. The molecule has 3 aromatic rings. The first kappa shape index (κ1) is 17.4. The smallest absolute Gasteiger partial charge is 0.251 e. The molecule has 3 rings (SSSR count). The Hall–Kier alpha value is -2.41. The van der Waals surface area contributed by atoms with Crippen molar-refractivity contribution in [2.75, 3.05) is 0 Å². The second-order valence-electron chi connectivity index (χ2n) is 5.97. The lowest BCUT2D eigenvalue weighted by molar-refractivity contribution is 0.0950. The molecule has 7 heteroatoms. The largest absolute Gasteiger partial charge is 0.346 e. The normalized spacial score (nSPS) is 10.9. The van der Waals surface area contributed by atoms with Crippen LogP contribution in [0.3, 0.4) is 0 Å². The van der Waals surface area contributed by atoms with Crippen LogP contribution in [0, 0.1) is 13.8 Å². The number of nitrogens with one attached hydrogen (secondary N) is 1. The summed E-state index contributed by atoms with van der Waals surface area (Å²) < 4.78 is 4.74. The lowest BCUT2D eigenvalue weighted by Crippen LogP contribution is -2.24. The van der Waals surface area contributed by atoms with Gasteiger partial charge in [0.25, 0.3) is 5.91 Å². The van der Waals surface area contributed by atoms with E-state index in [9.17, 15) is 4.79 Å². The van der Waals surface area contributed by atoms with Gasteiger partial charge in [0.2, 0.25) is 0 Å². The number of hydrogen-bond acceptors (Lipinski definition) is 3. The summed E-state index contributed by atoms with van der Waals surface area (Å²) in [5, 5.41) is 11.5. The number of amides is 1. The van der Waals surface area contributed by atoms with Gasteiger partial charge in [0, 0.05) is 18.8 Å². The van der Waals surface area contributed by atoms with E-state index >= 15 is 0 Å². The van der Waals surface area contributed by atoms with Gasteiger partial charge in [0.15, 0.2) is 0 Å². The summed E-state index contributed by atoms with van der Waals surface area (Å²) in [5.74, 6) is -0.0957. The summed E-state index contributed by atoms with van der Waals surface area (Å²) in [6.45, 7) is 5.14. The van der Waals surface area contributed by atoms with Crippen molar-refractivity contribution in [3.63, 3.8) is 0 Å². The van der Waals surface area contributed by atoms with Gasteiger partial charge in [-0.25, -0.2) is 0 Å². The number of nitrogens with zero attached hydrogens (tertiary/aromatic N) is 4. The molecule has 0 saturated heterocycles. The van der Waals surface area contributed by atoms with Crippen molar-refractivity contribution >= 4 is 21.8 Å². The Labute approximate surface area is 155 Å². The predicted molar refractivity (Wildman–Crippen MR) is 99.3 cm³/mol. The number of carbonyl (C=O) groups excluding carboxylic acids is 1. The van der Waals surface area contributed by atoms with Gasteiger partial charge < -0.3 is 5.32 Å². The number of benzene rings is 1. The average molecular weight is 402 g/mol. The molecule has 0 fully saturated rings. The number of rotatable bonds is 5. The zero-order valence-electron chi connectivity index (χ0n) is 14.5. The van der Waals surface area contributed by atoms with E-state index in [-0.39, 0.29) is 5.91 Å². The van der Waals surface area contributed by atoms with E-state index in [0.717, 1.165) is 27.1 Å². The Bertz CT molecular complexity index is 895. The minimum Gasteiger partial charge on any atom is -0.346 e. The highest BCUT2D eigenvalue weighted by atomic mass is 79.9. The minimum atomic E-state index is -0.0957. The van der Waals surface area contributed by atoms with Crippen molar-refractivity contribution in [1.29, 1.82) is 0 Å². The Morgan fingerprint density at radius 3 is 2.48 bits per heavy atom. The van der Waals surface area contributed by atoms with E-state index in [1.54, 1.807) is 10.9 Å². The maximum absolute atomic E-state index is 12.3. The third-order valence-corrected chi connectivity index (χ3v) is 5.34. The number of halogens is 1. The lowest BCUT2D eigenvalue weighted by Gasteiger charge is -2.08. The van der Waals surface area contributed by atoms with Crippen LogP contribution in [0.5, 0.6) is 0 Å². The van der Waals surface area contributed by atoms with Gasteiger partial charge in [-0.2, -0.15) is 10.2 Å². The molecule has 1 aromatic carbocycles. The Morgan fingerprint density at radius 2 is 1.92 bits per heavy atom. The van der Waals surface area contributed by atoms with Gasteiger partial charge in [-0.3, -0.25) is 14.2 Å². The standard InChI is InChI=1S/C18H20BrN5O/c1-12-17(19)13(2)24(22-12)11-14-4-6-15(7-5-14)18(25)20-10-16-8-9-21-23(16)3/h4-9H,10-11H2,1-3H3,(H,20,25). The van der Waals surface area contributed by atoms with Gasteiger partial charge in [-0.15, -0.1) is 0 Å². The second-order valence-corrected chi connectivity index (χ2v) is 6.76. The van der Waals surface area contributed by atoms with Gasteiger partial charge in [-0.05, 0) is 53.5 Å². The fourth-order valence-corrected chi connectivity index (χ4v) is 2.90. The molecule has 1 amide bonds. The third-order valence-electron chi connectivity index (χ3n) is 4.19. The molecular formula is C18H20BrN5O. The second kappa shape index (κ2) is 7.23. The molecule has 0 saturated carbocycles. The van der Waals surface area contributed by atoms with Crippen LogP contribution in [0.1, 0.15) is 33.0 Å². The monoisotopic (exact) mass is 401 g/mol. The Kier molecular flexibility index (Phi) is 5.03. The molecule has 0 radical (unpaired) electrons. The molecular weight excluding hydrogens is 382 g/mol. The van der Waals surface area contributed by atoms with Crippen molar-refractivity contribution in [2.45, 2.75) is 26.9 Å². The number of hydrogen-bond donors (Lipinski definition) is 1. The summed E-state index contributed by atoms with van der Waals surface area (Å²) in [4.78, 5) is 12.3. The van der Waals surface area contributed by atoms with Crippen LogP contribution < -0.4 is 5.32 Å². The number of aryl methyl sites for hydroxylation is 2. The summed E-state index contributed by atoms with van der Waals surface area (Å²) in [6, 6.07) is 9.49. The maximum atomic E-state index is 12.3. The van der Waals surface area contributed by atoms with Crippen molar-refractivity contribution in [2.24, 2.45) is 7.05 Å². The van der Waals surface area contributed by atoms with E-state index in [0.29, 0.717) is 18.7 Å². The molecule has 0 bridgehead atoms. The maximum Gasteiger partial charge on any atom is 0.251 e. The number of carbonyl (C=O) groups is 1. The molecule has 25 heavy (non-hydrogen) atoms. The van der Waals surface area contributed by atoms with Crippen molar-refractivity contribution in [3.05, 3.63) is 69.2 Å². The molecule has 0 aliphatic heterocycles. The van der Waals surface area contributed by atoms with E-state index in [4.69, 9.17) is 0 Å². The molecule has 6 nitrogen and oxygen atoms in total. The highest BCUT2D eigenvalue weighted by Crippen LogP contribution is 2.20. The molecule has 2 heterocycles. The molecule has 130 valence electrons. The molecule has 0 atom stereocenters. The van der Waals surface area contributed by atoms with Crippen LogP contribution >= 0.6 is 15.9 Å². The van der Waals surface area contributed by atoms with E-state index in [1.807, 2.05) is 55.9 Å². The first-order valence-corrected chi connectivity index (χ1v) is 8.78. The minimum absolute atomic E-state index is 0.0957. The van der Waals surface area contributed by atoms with Crippen LogP contribution in [0.2, 0.25) is 0 Å². The fraction of sp³-hybridized carbons (Fsp3) is 0.278. The van der Waals surface area contributed by atoms with Gasteiger partial charge in [0.1, 0.15) is 0 Å². The van der Waals surface area contributed by atoms with Crippen molar-refractivity contribution in [3.8, 4) is 0 Å². The topological polar surface area (TPSA) is 64.7 Å². The van der Waals surface area contributed by atoms with Crippen molar-refractivity contribution in [1.82, 2.24) is 24.9 Å². The Morgan fingerprint density at radius 1 is 1.20 bits per heavy atom. The first-order valence-electron chi connectivity index (χ1n) is 7.99. The lowest BCUT2D eigenvalue weighted by atomic mass is 10.1. The van der Waals surface area contributed by atoms with Crippen LogP contribution in [0.15, 0.2) is 41.0 Å². The quantitative estimate of drug-likeness (QED) is 0.714. The number of aromatic nitrogens is 4. The summed E-state index contributed by atoms with van der Waals surface area (Å²) in [7, 11) is 1.85. The molecule has 2 aromatic heterocycles. The van der Waals surface area contributed by atoms with Gasteiger partial charge >= 0.3 is 0 Å². The van der Waals surface area contributed by atoms with Crippen LogP contribution in [-0.2, 0) is 20.1 Å². The summed E-state index contributed by atoms with van der Waals surface area (Å²) in [5.41, 5.74) is 4.76. The van der Waals surface area contributed by atoms with Crippen LogP contribution in [-0.4, -0.2) is 25.5 Å². The van der Waals surface area contributed by atoms with Crippen LogP contribution in [0.4, 0.5) is 0 Å². The predicted octanol–water partition coefficient (Wildman–Crippen LogP) is 2.97. The molecule has 0 unspecified atom stereocenters. The Balaban J connectivity index is 1.64. The van der Waals surface area contributed by atoms with Crippen LogP contribution in [0.25, 0.3) is 0 Å². The van der Waals surface area contributed by atoms with E-state index < -0.39 is 0 Å². The molecule has 0 aliphatic rings. The summed E-state index contributed by atoms with van der Waals surface area (Å²) in [6.07, 6.45) is 1.72. The van der Waals surface area contributed by atoms with E-state index in [1.165, 1.54) is 0 Å². The SMILES string of the molecule is Cc1nn(Cc2ccc(C(=O)NCc3ccnn3C)cc2)c(C)c1Br. The summed E-state index contributed by atoms with van der Waals surface area (Å²) >= 11 is 3.54.